The van der Waals surface area contributed by atoms with Crippen molar-refractivity contribution in [2.45, 2.75) is 25.8 Å². The number of aromatic nitrogens is 2. The quantitative estimate of drug-likeness (QED) is 0.873. The van der Waals surface area contributed by atoms with E-state index in [1.807, 2.05) is 6.07 Å². The third kappa shape index (κ3) is 3.65. The Bertz CT molecular complexity index is 923. The Balaban J connectivity index is 1.46. The number of nitrogens with one attached hydrogen (secondary N) is 1. The molecular weight excluding hydrogens is 352 g/mol. The van der Waals surface area contributed by atoms with Gasteiger partial charge in [-0.1, -0.05) is 6.92 Å². The van der Waals surface area contributed by atoms with Crippen LogP contribution in [0.4, 0.5) is 5.69 Å². The van der Waals surface area contributed by atoms with Crippen molar-refractivity contribution in [3.05, 3.63) is 30.1 Å². The van der Waals surface area contributed by atoms with Crippen LogP contribution in [0.2, 0.25) is 0 Å². The van der Waals surface area contributed by atoms with Gasteiger partial charge in [-0.2, -0.15) is 5.26 Å². The van der Waals surface area contributed by atoms with Crippen LogP contribution in [0.1, 0.15) is 25.3 Å². The Kier molecular flexibility index (Phi) is 5.14. The number of hydrogen-bond donors (Lipinski definition) is 1. The van der Waals surface area contributed by atoms with E-state index >= 15 is 0 Å². The van der Waals surface area contributed by atoms with E-state index < -0.39 is 0 Å². The molecule has 0 radical (unpaired) electrons. The number of nitriles is 1. The molecule has 146 valence electrons. The first-order valence-electron chi connectivity index (χ1n) is 9.92. The minimum atomic E-state index is 0.119. The molecule has 0 aliphatic carbocycles. The molecule has 3 atom stereocenters. The number of rotatable bonds is 4. The lowest BCUT2D eigenvalue weighted by Gasteiger charge is -2.21. The van der Waals surface area contributed by atoms with Gasteiger partial charge in [0, 0.05) is 38.4 Å². The van der Waals surface area contributed by atoms with Crippen LogP contribution in [0.25, 0.3) is 11.0 Å². The molecule has 2 aromatic rings. The van der Waals surface area contributed by atoms with E-state index in [9.17, 15) is 10.1 Å². The lowest BCUT2D eigenvalue weighted by molar-refractivity contribution is -0.122. The summed E-state index contributed by atoms with van der Waals surface area (Å²) in [6, 6.07) is 6.06. The maximum atomic E-state index is 12.5. The highest BCUT2D eigenvalue weighted by molar-refractivity contribution is 5.92. The van der Waals surface area contributed by atoms with Crippen molar-refractivity contribution in [2.24, 2.45) is 11.8 Å². The van der Waals surface area contributed by atoms with Gasteiger partial charge in [-0.05, 0) is 44.0 Å². The second kappa shape index (κ2) is 7.72. The molecule has 1 aromatic carbocycles. The number of carbonyl (C=O) groups is 1. The highest BCUT2D eigenvalue weighted by Crippen LogP contribution is 2.30. The maximum Gasteiger partial charge on any atom is 0.220 e. The largest absolute Gasteiger partial charge is 0.367 e. The Morgan fingerprint density at radius 2 is 2.04 bits per heavy atom. The van der Waals surface area contributed by atoms with E-state index in [0.29, 0.717) is 29.3 Å². The van der Waals surface area contributed by atoms with Crippen molar-refractivity contribution in [3.63, 3.8) is 0 Å². The van der Waals surface area contributed by atoms with Crippen molar-refractivity contribution in [3.8, 4) is 6.07 Å². The Morgan fingerprint density at radius 1 is 1.25 bits per heavy atom. The molecule has 2 saturated heterocycles. The zero-order chi connectivity index (χ0) is 19.7. The minimum absolute atomic E-state index is 0.119. The first kappa shape index (κ1) is 18.6. The number of anilines is 1. The second-order valence-corrected chi connectivity index (χ2v) is 8.17. The Hall–Kier alpha value is -2.72. The van der Waals surface area contributed by atoms with Crippen LogP contribution in [0.15, 0.2) is 24.5 Å². The molecule has 7 heteroatoms. The lowest BCUT2D eigenvalue weighted by atomic mass is 10.0. The summed E-state index contributed by atoms with van der Waals surface area (Å²) in [7, 11) is 2.11. The molecule has 3 heterocycles. The van der Waals surface area contributed by atoms with Gasteiger partial charge in [-0.3, -0.25) is 14.8 Å². The van der Waals surface area contributed by atoms with Crippen molar-refractivity contribution in [1.29, 1.82) is 5.26 Å². The van der Waals surface area contributed by atoms with Crippen LogP contribution in [-0.2, 0) is 4.79 Å². The first-order chi connectivity index (χ1) is 13.5. The number of fused-ring (bicyclic) bond motifs is 1. The maximum absolute atomic E-state index is 12.5. The molecule has 2 aliphatic rings. The molecule has 0 spiro atoms. The summed E-state index contributed by atoms with van der Waals surface area (Å²) in [5, 5.41) is 12.6. The summed E-state index contributed by atoms with van der Waals surface area (Å²) in [5.41, 5.74) is 2.89. The molecule has 4 rings (SSSR count). The molecule has 1 N–H and O–H groups in total. The molecular formula is C21H26N6O. The Morgan fingerprint density at radius 3 is 2.75 bits per heavy atom. The van der Waals surface area contributed by atoms with Crippen molar-refractivity contribution < 1.29 is 4.79 Å². The second-order valence-electron chi connectivity index (χ2n) is 8.17. The van der Waals surface area contributed by atoms with E-state index in [2.05, 4.69) is 45.1 Å². The van der Waals surface area contributed by atoms with Gasteiger partial charge in [0.1, 0.15) is 17.1 Å². The highest BCUT2D eigenvalue weighted by atomic mass is 16.1. The van der Waals surface area contributed by atoms with Gasteiger partial charge in [0.05, 0.1) is 17.3 Å². The summed E-state index contributed by atoms with van der Waals surface area (Å²) in [4.78, 5) is 25.9. The Labute approximate surface area is 165 Å². The smallest absolute Gasteiger partial charge is 0.220 e. The average molecular weight is 378 g/mol. The van der Waals surface area contributed by atoms with Gasteiger partial charge >= 0.3 is 0 Å². The van der Waals surface area contributed by atoms with Crippen molar-refractivity contribution in [1.82, 2.24) is 20.2 Å². The predicted octanol–water partition coefficient (Wildman–Crippen LogP) is 1.78. The fourth-order valence-electron chi connectivity index (χ4n) is 4.46. The van der Waals surface area contributed by atoms with Gasteiger partial charge in [0.25, 0.3) is 0 Å². The van der Waals surface area contributed by atoms with Gasteiger partial charge < -0.3 is 15.1 Å². The van der Waals surface area contributed by atoms with Crippen LogP contribution in [-0.4, -0.2) is 60.0 Å². The van der Waals surface area contributed by atoms with Gasteiger partial charge in [-0.25, -0.2) is 0 Å². The number of amides is 1. The monoisotopic (exact) mass is 378 g/mol. The normalized spacial score (nSPS) is 25.2. The molecule has 7 nitrogen and oxygen atoms in total. The third-order valence-electron chi connectivity index (χ3n) is 5.99. The van der Waals surface area contributed by atoms with E-state index in [1.54, 1.807) is 18.5 Å². The fourth-order valence-corrected chi connectivity index (χ4v) is 4.46. The summed E-state index contributed by atoms with van der Waals surface area (Å²) >= 11 is 0. The van der Waals surface area contributed by atoms with Gasteiger partial charge in [0.2, 0.25) is 5.91 Å². The summed E-state index contributed by atoms with van der Waals surface area (Å²) in [6.45, 7) is 5.85. The van der Waals surface area contributed by atoms with Crippen LogP contribution in [0, 0.1) is 23.2 Å². The van der Waals surface area contributed by atoms with Crippen molar-refractivity contribution >= 4 is 22.6 Å². The number of hydrogen-bond acceptors (Lipinski definition) is 6. The van der Waals surface area contributed by atoms with Crippen LogP contribution in [0.5, 0.6) is 0 Å². The SMILES string of the molecule is C[C@@H]1CN(c2ccc(C#N)c3nccnc23)C[C@@H]1NC(=O)C[C@H]1CCN(C)C1. The van der Waals surface area contributed by atoms with E-state index in [-0.39, 0.29) is 11.9 Å². The highest BCUT2D eigenvalue weighted by Gasteiger charge is 2.33. The minimum Gasteiger partial charge on any atom is -0.367 e. The number of carbonyl (C=O) groups excluding carboxylic acids is 1. The first-order valence-corrected chi connectivity index (χ1v) is 9.92. The summed E-state index contributed by atoms with van der Waals surface area (Å²) < 4.78 is 0. The number of likely N-dealkylation sites (tertiary alicyclic amines) is 1. The molecule has 1 aromatic heterocycles. The predicted molar refractivity (Wildman–Crippen MR) is 108 cm³/mol. The average Bonchev–Trinajstić information content (AvgIpc) is 3.26. The third-order valence-corrected chi connectivity index (χ3v) is 5.99. The molecule has 0 unspecified atom stereocenters. The van der Waals surface area contributed by atoms with E-state index in [0.717, 1.165) is 43.8 Å². The van der Waals surface area contributed by atoms with Crippen molar-refractivity contribution in [2.75, 3.05) is 38.1 Å². The summed E-state index contributed by atoms with van der Waals surface area (Å²) in [5.74, 6) is 0.969. The van der Waals surface area contributed by atoms with Gasteiger partial charge in [-0.15, -0.1) is 0 Å². The molecule has 28 heavy (non-hydrogen) atoms. The zero-order valence-electron chi connectivity index (χ0n) is 16.4. The number of benzene rings is 1. The van der Waals surface area contributed by atoms with Gasteiger partial charge in [0.15, 0.2) is 0 Å². The zero-order valence-corrected chi connectivity index (χ0v) is 16.4. The van der Waals surface area contributed by atoms with E-state index in [1.165, 1.54) is 0 Å². The topological polar surface area (TPSA) is 85.1 Å². The molecule has 1 amide bonds. The van der Waals surface area contributed by atoms with Crippen LogP contribution >= 0.6 is 0 Å². The summed E-state index contributed by atoms with van der Waals surface area (Å²) in [6.07, 6.45) is 4.98. The van der Waals surface area contributed by atoms with E-state index in [4.69, 9.17) is 0 Å². The number of nitrogens with zero attached hydrogens (tertiary/aromatic N) is 5. The molecule has 0 bridgehead atoms. The fraction of sp³-hybridized carbons (Fsp3) is 0.524. The lowest BCUT2D eigenvalue weighted by Crippen LogP contribution is -2.40. The van der Waals surface area contributed by atoms with Crippen LogP contribution in [0.3, 0.4) is 0 Å². The standard InChI is InChI=1S/C21H26N6O/c1-14-11-27(13-17(14)25-19(28)9-15-5-8-26(2)12-15)18-4-3-16(10-22)20-21(18)24-7-6-23-20/h3-4,6-7,14-15,17H,5,8-9,11-13H2,1-2H3,(H,25,28)/t14-,15-,17+/m1/s1. The van der Waals surface area contributed by atoms with Crippen LogP contribution < -0.4 is 10.2 Å². The molecule has 2 fully saturated rings. The molecule has 0 saturated carbocycles. The molecule has 2 aliphatic heterocycles.